The molecule has 1 aliphatic rings. The van der Waals surface area contributed by atoms with E-state index in [-0.39, 0.29) is 17.9 Å². The molecule has 1 aromatic heterocycles. The summed E-state index contributed by atoms with van der Waals surface area (Å²) < 4.78 is 1.72. The maximum absolute atomic E-state index is 12.6. The Morgan fingerprint density at radius 1 is 1.39 bits per heavy atom. The minimum atomic E-state index is 0.0502. The fourth-order valence-corrected chi connectivity index (χ4v) is 3.01. The number of amides is 1. The molecule has 3 rings (SSSR count). The molecule has 0 aliphatic carbocycles. The average Bonchev–Trinajstić information content (AvgIpc) is 3.15. The third kappa shape index (κ3) is 3.42. The molecule has 1 aromatic carbocycles. The summed E-state index contributed by atoms with van der Waals surface area (Å²) in [4.78, 5) is 18.4. The molecule has 2 atom stereocenters. The van der Waals surface area contributed by atoms with E-state index in [1.54, 1.807) is 11.0 Å². The molecule has 1 aliphatic heterocycles. The van der Waals surface area contributed by atoms with Gasteiger partial charge in [0, 0.05) is 13.6 Å². The second-order valence-electron chi connectivity index (χ2n) is 6.10. The van der Waals surface area contributed by atoms with Gasteiger partial charge in [0.1, 0.15) is 12.7 Å². The summed E-state index contributed by atoms with van der Waals surface area (Å²) in [5.41, 5.74) is 2.08. The van der Waals surface area contributed by atoms with Crippen molar-refractivity contribution in [3.63, 3.8) is 0 Å². The number of carbonyl (C=O) groups excluding carboxylic acids is 1. The molecule has 122 valence electrons. The first kappa shape index (κ1) is 15.7. The summed E-state index contributed by atoms with van der Waals surface area (Å²) in [7, 11) is 1.90. The van der Waals surface area contributed by atoms with Crippen molar-refractivity contribution in [1.29, 1.82) is 0 Å². The average molecular weight is 313 g/mol. The largest absolute Gasteiger partial charge is 0.339 e. The van der Waals surface area contributed by atoms with Crippen LogP contribution in [-0.2, 0) is 4.79 Å². The lowest BCUT2D eigenvalue weighted by Crippen LogP contribution is -2.42. The molecular formula is C17H23N5O. The molecule has 6 heteroatoms. The van der Waals surface area contributed by atoms with Gasteiger partial charge in [-0.25, -0.2) is 9.67 Å². The second-order valence-corrected chi connectivity index (χ2v) is 6.10. The summed E-state index contributed by atoms with van der Waals surface area (Å²) in [6.45, 7) is 3.88. The minimum absolute atomic E-state index is 0.0502. The molecular weight excluding hydrogens is 290 g/mol. The monoisotopic (exact) mass is 313 g/mol. The Morgan fingerprint density at radius 2 is 2.17 bits per heavy atom. The van der Waals surface area contributed by atoms with Gasteiger partial charge in [-0.15, -0.1) is 0 Å². The number of rotatable bonds is 4. The number of piperidine rings is 1. The van der Waals surface area contributed by atoms with Crippen molar-refractivity contribution in [3.05, 3.63) is 42.5 Å². The van der Waals surface area contributed by atoms with Crippen LogP contribution >= 0.6 is 0 Å². The Labute approximate surface area is 136 Å². The van der Waals surface area contributed by atoms with Gasteiger partial charge in [-0.05, 0) is 44.0 Å². The quantitative estimate of drug-likeness (QED) is 0.935. The van der Waals surface area contributed by atoms with Crippen molar-refractivity contribution < 1.29 is 4.79 Å². The molecule has 0 spiro atoms. The topological polar surface area (TPSA) is 63.1 Å². The maximum atomic E-state index is 12.6. The van der Waals surface area contributed by atoms with E-state index in [1.165, 1.54) is 6.33 Å². The predicted molar refractivity (Wildman–Crippen MR) is 88.1 cm³/mol. The van der Waals surface area contributed by atoms with Crippen LogP contribution in [-0.4, -0.2) is 45.7 Å². The van der Waals surface area contributed by atoms with E-state index in [4.69, 9.17) is 0 Å². The molecule has 1 N–H and O–H groups in total. The van der Waals surface area contributed by atoms with Gasteiger partial charge < -0.3 is 10.2 Å². The first-order chi connectivity index (χ1) is 11.2. The first-order valence-corrected chi connectivity index (χ1v) is 8.09. The van der Waals surface area contributed by atoms with E-state index in [0.717, 1.165) is 37.2 Å². The van der Waals surface area contributed by atoms with Crippen LogP contribution in [0.4, 0.5) is 0 Å². The number of nitrogens with one attached hydrogen (secondary N) is 1. The molecule has 1 fully saturated rings. The highest BCUT2D eigenvalue weighted by molar-refractivity contribution is 5.79. The van der Waals surface area contributed by atoms with E-state index >= 15 is 0 Å². The highest BCUT2D eigenvalue weighted by Crippen LogP contribution is 2.23. The zero-order chi connectivity index (χ0) is 16.2. The van der Waals surface area contributed by atoms with E-state index in [1.807, 2.05) is 36.2 Å². The number of hydrogen-bond acceptors (Lipinski definition) is 4. The van der Waals surface area contributed by atoms with E-state index < -0.39 is 0 Å². The molecule has 2 heterocycles. The van der Waals surface area contributed by atoms with Crippen molar-refractivity contribution >= 4 is 5.91 Å². The predicted octanol–water partition coefficient (Wildman–Crippen LogP) is 1.79. The summed E-state index contributed by atoms with van der Waals surface area (Å²) in [6, 6.07) is 8.14. The van der Waals surface area contributed by atoms with Gasteiger partial charge >= 0.3 is 0 Å². The van der Waals surface area contributed by atoms with Crippen LogP contribution in [0, 0.1) is 5.92 Å². The zero-order valence-electron chi connectivity index (χ0n) is 13.6. The van der Waals surface area contributed by atoms with Crippen LogP contribution in [0.15, 0.2) is 36.9 Å². The summed E-state index contributed by atoms with van der Waals surface area (Å²) in [6.07, 6.45) is 5.24. The smallest absolute Gasteiger partial charge is 0.227 e. The second kappa shape index (κ2) is 6.91. The van der Waals surface area contributed by atoms with Gasteiger partial charge in [-0.2, -0.15) is 5.10 Å². The lowest BCUT2D eigenvalue weighted by molar-refractivity contribution is -0.136. The SMILES string of the molecule is CC(c1ccc(-n2cncn2)cc1)N(C)C(=O)C1CCCNC1. The standard InChI is InChI=1S/C17H23N5O/c1-13(21(2)17(23)15-4-3-9-18-10-15)14-5-7-16(8-6-14)22-12-19-11-20-22/h5-8,11-13,15,18H,3-4,9-10H2,1-2H3. The minimum Gasteiger partial charge on any atom is -0.339 e. The summed E-state index contributed by atoms with van der Waals surface area (Å²) >= 11 is 0. The number of aromatic nitrogens is 3. The zero-order valence-corrected chi connectivity index (χ0v) is 13.6. The summed E-state index contributed by atoms with van der Waals surface area (Å²) in [5, 5.41) is 7.43. The van der Waals surface area contributed by atoms with Crippen LogP contribution in [0.1, 0.15) is 31.4 Å². The molecule has 6 nitrogen and oxygen atoms in total. The van der Waals surface area contributed by atoms with Gasteiger partial charge in [-0.3, -0.25) is 4.79 Å². The fraction of sp³-hybridized carbons (Fsp3) is 0.471. The molecule has 2 aromatic rings. The molecule has 0 bridgehead atoms. The molecule has 23 heavy (non-hydrogen) atoms. The lowest BCUT2D eigenvalue weighted by Gasteiger charge is -2.31. The van der Waals surface area contributed by atoms with Crippen molar-refractivity contribution in [2.45, 2.75) is 25.8 Å². The van der Waals surface area contributed by atoms with Crippen LogP contribution in [0.5, 0.6) is 0 Å². The van der Waals surface area contributed by atoms with Gasteiger partial charge in [0.05, 0.1) is 17.6 Å². The van der Waals surface area contributed by atoms with Gasteiger partial charge in [0.25, 0.3) is 0 Å². The van der Waals surface area contributed by atoms with Crippen LogP contribution < -0.4 is 5.32 Å². The normalized spacial score (nSPS) is 19.3. The number of carbonyl (C=O) groups is 1. The molecule has 2 unspecified atom stereocenters. The van der Waals surface area contributed by atoms with Crippen molar-refractivity contribution in [2.24, 2.45) is 5.92 Å². The number of hydrogen-bond donors (Lipinski definition) is 1. The molecule has 1 saturated heterocycles. The summed E-state index contributed by atoms with van der Waals surface area (Å²) in [5.74, 6) is 0.329. The van der Waals surface area contributed by atoms with Gasteiger partial charge in [-0.1, -0.05) is 12.1 Å². The van der Waals surface area contributed by atoms with Gasteiger partial charge in [0.15, 0.2) is 0 Å². The van der Waals surface area contributed by atoms with E-state index in [9.17, 15) is 4.79 Å². The number of benzene rings is 1. The lowest BCUT2D eigenvalue weighted by atomic mass is 9.97. The van der Waals surface area contributed by atoms with Crippen LogP contribution in [0.3, 0.4) is 0 Å². The fourth-order valence-electron chi connectivity index (χ4n) is 3.01. The van der Waals surface area contributed by atoms with Crippen molar-refractivity contribution in [1.82, 2.24) is 25.0 Å². The van der Waals surface area contributed by atoms with E-state index in [0.29, 0.717) is 0 Å². The van der Waals surface area contributed by atoms with E-state index in [2.05, 4.69) is 22.3 Å². The maximum Gasteiger partial charge on any atom is 0.227 e. The highest BCUT2D eigenvalue weighted by atomic mass is 16.2. The molecule has 1 amide bonds. The van der Waals surface area contributed by atoms with Gasteiger partial charge in [0.2, 0.25) is 5.91 Å². The van der Waals surface area contributed by atoms with Crippen molar-refractivity contribution in [3.8, 4) is 5.69 Å². The Morgan fingerprint density at radius 3 is 2.78 bits per heavy atom. The van der Waals surface area contributed by atoms with Crippen LogP contribution in [0.2, 0.25) is 0 Å². The Bertz CT molecular complexity index is 632. The van der Waals surface area contributed by atoms with Crippen molar-refractivity contribution in [2.75, 3.05) is 20.1 Å². The number of nitrogens with zero attached hydrogens (tertiary/aromatic N) is 4. The molecule has 0 saturated carbocycles. The Kier molecular flexibility index (Phi) is 4.71. The van der Waals surface area contributed by atoms with Crippen LogP contribution in [0.25, 0.3) is 5.69 Å². The first-order valence-electron chi connectivity index (χ1n) is 8.09. The third-order valence-electron chi connectivity index (χ3n) is 4.63. The highest BCUT2D eigenvalue weighted by Gasteiger charge is 2.26. The third-order valence-corrected chi connectivity index (χ3v) is 4.63. The Balaban J connectivity index is 1.69. The molecule has 0 radical (unpaired) electrons. The Hall–Kier alpha value is -2.21.